The van der Waals surface area contributed by atoms with E-state index in [1.54, 1.807) is 0 Å². The summed E-state index contributed by atoms with van der Waals surface area (Å²) in [4.78, 5) is 0. The summed E-state index contributed by atoms with van der Waals surface area (Å²) in [5.41, 5.74) is 3.09. The first-order chi connectivity index (χ1) is 18.8. The Kier molecular flexibility index (Phi) is 11.5. The van der Waals surface area contributed by atoms with Crippen LogP contribution in [0.25, 0.3) is 0 Å². The van der Waals surface area contributed by atoms with Crippen LogP contribution in [0.2, 0.25) is 0 Å². The number of allylic oxidation sites excluding steroid dienone is 1. The standard InChI is InChI=1S/C32H38O6/c1-2-3-13-20-34-32-31(37-24-27-18-11-6-12-19-27)30(36-23-26-16-9-5-10-17-26)29(28(21-33)38-32)35-22-25-14-7-4-8-15-25/h2,4-12,14-19,28-33H,1,3,13,20-24H2. The van der Waals surface area contributed by atoms with E-state index in [0.29, 0.717) is 26.4 Å². The quantitative estimate of drug-likeness (QED) is 0.213. The van der Waals surface area contributed by atoms with Gasteiger partial charge in [0.05, 0.1) is 33.0 Å². The monoisotopic (exact) mass is 518 g/mol. The van der Waals surface area contributed by atoms with Crippen molar-refractivity contribution >= 4 is 0 Å². The van der Waals surface area contributed by atoms with E-state index in [-0.39, 0.29) is 6.61 Å². The summed E-state index contributed by atoms with van der Waals surface area (Å²) in [6.45, 7) is 5.11. The molecule has 0 bridgehead atoms. The number of hydrogen-bond donors (Lipinski definition) is 1. The minimum absolute atomic E-state index is 0.234. The number of aliphatic hydroxyl groups is 1. The Labute approximate surface area is 225 Å². The van der Waals surface area contributed by atoms with Gasteiger partial charge in [-0.25, -0.2) is 0 Å². The molecule has 0 spiro atoms. The lowest BCUT2D eigenvalue weighted by molar-refractivity contribution is -0.326. The summed E-state index contributed by atoms with van der Waals surface area (Å²) in [6, 6.07) is 29.9. The van der Waals surface area contributed by atoms with Crippen LogP contribution in [0.1, 0.15) is 29.5 Å². The predicted octanol–water partition coefficient (Wildman–Crippen LogP) is 5.44. The van der Waals surface area contributed by atoms with Crippen molar-refractivity contribution in [1.29, 1.82) is 0 Å². The molecule has 0 saturated carbocycles. The van der Waals surface area contributed by atoms with E-state index in [0.717, 1.165) is 29.5 Å². The third kappa shape index (κ3) is 8.33. The molecule has 4 rings (SSSR count). The van der Waals surface area contributed by atoms with Gasteiger partial charge in [0, 0.05) is 0 Å². The molecule has 1 aliphatic rings. The summed E-state index contributed by atoms with van der Waals surface area (Å²) in [6.07, 6.45) is 0.453. The zero-order chi connectivity index (χ0) is 26.4. The van der Waals surface area contributed by atoms with Gasteiger partial charge in [0.2, 0.25) is 0 Å². The molecule has 0 aromatic heterocycles. The molecule has 1 saturated heterocycles. The molecule has 1 aliphatic heterocycles. The van der Waals surface area contributed by atoms with Crippen molar-refractivity contribution in [3.05, 3.63) is 120 Å². The maximum Gasteiger partial charge on any atom is 0.186 e. The number of unbranched alkanes of at least 4 members (excludes halogenated alkanes) is 1. The molecular formula is C32H38O6. The van der Waals surface area contributed by atoms with Crippen molar-refractivity contribution in [2.24, 2.45) is 0 Å². The van der Waals surface area contributed by atoms with Crippen molar-refractivity contribution in [2.75, 3.05) is 13.2 Å². The van der Waals surface area contributed by atoms with Crippen LogP contribution < -0.4 is 0 Å². The van der Waals surface area contributed by atoms with Crippen molar-refractivity contribution in [3.63, 3.8) is 0 Å². The van der Waals surface area contributed by atoms with Gasteiger partial charge in [-0.05, 0) is 29.5 Å². The Hall–Kier alpha value is -2.84. The molecule has 0 amide bonds. The molecule has 0 radical (unpaired) electrons. The van der Waals surface area contributed by atoms with Crippen molar-refractivity contribution in [1.82, 2.24) is 0 Å². The highest BCUT2D eigenvalue weighted by atomic mass is 16.7. The van der Waals surface area contributed by atoms with Crippen LogP contribution in [0.15, 0.2) is 104 Å². The molecule has 1 fully saturated rings. The van der Waals surface area contributed by atoms with Crippen LogP contribution >= 0.6 is 0 Å². The first kappa shape index (κ1) is 28.2. The first-order valence-corrected chi connectivity index (χ1v) is 13.2. The Morgan fingerprint density at radius 3 is 1.61 bits per heavy atom. The molecule has 6 heteroatoms. The lowest BCUT2D eigenvalue weighted by Gasteiger charge is -2.45. The summed E-state index contributed by atoms with van der Waals surface area (Å²) in [5.74, 6) is 0. The maximum atomic E-state index is 10.3. The Morgan fingerprint density at radius 2 is 1.13 bits per heavy atom. The van der Waals surface area contributed by atoms with Gasteiger partial charge in [0.1, 0.15) is 24.4 Å². The molecule has 0 aliphatic carbocycles. The van der Waals surface area contributed by atoms with E-state index in [1.165, 1.54) is 0 Å². The van der Waals surface area contributed by atoms with Crippen LogP contribution in [0.4, 0.5) is 0 Å². The topological polar surface area (TPSA) is 66.4 Å². The van der Waals surface area contributed by atoms with Gasteiger partial charge in [-0.15, -0.1) is 6.58 Å². The van der Waals surface area contributed by atoms with Gasteiger partial charge in [-0.2, -0.15) is 0 Å². The molecule has 1 N–H and O–H groups in total. The maximum absolute atomic E-state index is 10.3. The number of rotatable bonds is 15. The van der Waals surface area contributed by atoms with E-state index in [9.17, 15) is 5.11 Å². The number of aliphatic hydroxyl groups excluding tert-OH is 1. The van der Waals surface area contributed by atoms with Gasteiger partial charge in [-0.3, -0.25) is 0 Å². The van der Waals surface area contributed by atoms with Gasteiger partial charge >= 0.3 is 0 Å². The van der Waals surface area contributed by atoms with E-state index in [4.69, 9.17) is 23.7 Å². The highest BCUT2D eigenvalue weighted by Crippen LogP contribution is 2.31. The highest BCUT2D eigenvalue weighted by molar-refractivity contribution is 5.15. The van der Waals surface area contributed by atoms with Crippen LogP contribution in [0, 0.1) is 0 Å². The second kappa shape index (κ2) is 15.5. The molecular weight excluding hydrogens is 480 g/mol. The Bertz CT molecular complexity index is 1050. The van der Waals surface area contributed by atoms with Crippen LogP contribution in [-0.4, -0.2) is 49.0 Å². The minimum atomic E-state index is -0.724. The van der Waals surface area contributed by atoms with Crippen LogP contribution in [0.3, 0.4) is 0 Å². The van der Waals surface area contributed by atoms with E-state index in [2.05, 4.69) is 6.58 Å². The molecule has 6 nitrogen and oxygen atoms in total. The van der Waals surface area contributed by atoms with E-state index in [1.807, 2.05) is 97.1 Å². The molecule has 202 valence electrons. The first-order valence-electron chi connectivity index (χ1n) is 13.2. The van der Waals surface area contributed by atoms with Crippen LogP contribution in [-0.2, 0) is 43.5 Å². The van der Waals surface area contributed by atoms with Crippen molar-refractivity contribution in [2.45, 2.75) is 63.4 Å². The Balaban J connectivity index is 1.58. The summed E-state index contributed by atoms with van der Waals surface area (Å²) < 4.78 is 31.8. The fourth-order valence-electron chi connectivity index (χ4n) is 4.45. The predicted molar refractivity (Wildman–Crippen MR) is 146 cm³/mol. The molecule has 38 heavy (non-hydrogen) atoms. The highest BCUT2D eigenvalue weighted by Gasteiger charge is 2.48. The van der Waals surface area contributed by atoms with Gasteiger partial charge in [-0.1, -0.05) is 97.1 Å². The number of hydrogen-bond acceptors (Lipinski definition) is 6. The normalized spacial score (nSPS) is 23.2. The minimum Gasteiger partial charge on any atom is -0.394 e. The second-order valence-electron chi connectivity index (χ2n) is 9.31. The third-order valence-corrected chi connectivity index (χ3v) is 6.46. The van der Waals surface area contributed by atoms with Crippen molar-refractivity contribution in [3.8, 4) is 0 Å². The Morgan fingerprint density at radius 1 is 0.658 bits per heavy atom. The summed E-state index contributed by atoms with van der Waals surface area (Å²) >= 11 is 0. The number of benzene rings is 3. The molecule has 1 heterocycles. The second-order valence-corrected chi connectivity index (χ2v) is 9.31. The molecule has 3 aromatic rings. The average Bonchev–Trinajstić information content (AvgIpc) is 2.98. The van der Waals surface area contributed by atoms with Gasteiger partial charge in [0.15, 0.2) is 6.29 Å². The van der Waals surface area contributed by atoms with E-state index < -0.39 is 30.7 Å². The lowest BCUT2D eigenvalue weighted by atomic mass is 9.98. The van der Waals surface area contributed by atoms with Gasteiger partial charge in [0.25, 0.3) is 0 Å². The summed E-state index contributed by atoms with van der Waals surface area (Å²) in [5, 5.41) is 10.3. The molecule has 3 aromatic carbocycles. The SMILES string of the molecule is C=CCCCOC1OC(CO)C(OCc2ccccc2)C(OCc2ccccc2)C1OCc1ccccc1. The van der Waals surface area contributed by atoms with Crippen LogP contribution in [0.5, 0.6) is 0 Å². The zero-order valence-electron chi connectivity index (χ0n) is 21.8. The average molecular weight is 519 g/mol. The third-order valence-electron chi connectivity index (χ3n) is 6.46. The van der Waals surface area contributed by atoms with E-state index >= 15 is 0 Å². The lowest BCUT2D eigenvalue weighted by Crippen LogP contribution is -2.61. The largest absolute Gasteiger partial charge is 0.394 e. The smallest absolute Gasteiger partial charge is 0.186 e. The fourth-order valence-corrected chi connectivity index (χ4v) is 4.45. The molecule has 5 unspecified atom stereocenters. The summed E-state index contributed by atoms with van der Waals surface area (Å²) in [7, 11) is 0. The zero-order valence-corrected chi connectivity index (χ0v) is 21.8. The number of ether oxygens (including phenoxy) is 5. The van der Waals surface area contributed by atoms with Crippen molar-refractivity contribution < 1.29 is 28.8 Å². The van der Waals surface area contributed by atoms with Gasteiger partial charge < -0.3 is 28.8 Å². The fraction of sp³-hybridized carbons (Fsp3) is 0.375. The molecule has 5 atom stereocenters.